The van der Waals surface area contributed by atoms with Crippen molar-refractivity contribution in [3.8, 4) is 0 Å². The molecule has 27 heavy (non-hydrogen) atoms. The number of nitrogens with one attached hydrogen (secondary N) is 1. The van der Waals surface area contributed by atoms with Crippen molar-refractivity contribution in [2.45, 2.75) is 32.4 Å². The predicted molar refractivity (Wildman–Crippen MR) is 110 cm³/mol. The van der Waals surface area contributed by atoms with Crippen LogP contribution in [-0.2, 0) is 17.8 Å². The minimum atomic E-state index is 0.209. The Kier molecular flexibility index (Phi) is 5.16. The van der Waals surface area contributed by atoms with Crippen molar-refractivity contribution < 1.29 is 4.79 Å². The first-order valence-electron chi connectivity index (χ1n) is 9.56. The highest BCUT2D eigenvalue weighted by Crippen LogP contribution is 2.25. The lowest BCUT2D eigenvalue weighted by Gasteiger charge is -2.18. The van der Waals surface area contributed by atoms with Crippen LogP contribution < -0.4 is 5.32 Å². The molecule has 0 saturated carbocycles. The molecule has 1 saturated heterocycles. The molecular weight excluding hydrogens is 334 g/mol. The van der Waals surface area contributed by atoms with Crippen LogP contribution >= 0.6 is 0 Å². The van der Waals surface area contributed by atoms with Crippen molar-refractivity contribution in [1.82, 2.24) is 9.88 Å². The molecule has 1 aliphatic rings. The number of hydrogen-bond donors (Lipinski definition) is 1. The van der Waals surface area contributed by atoms with E-state index in [2.05, 4.69) is 63.7 Å². The quantitative estimate of drug-likeness (QED) is 0.721. The Labute approximate surface area is 160 Å². The molecule has 4 nitrogen and oxygen atoms in total. The van der Waals surface area contributed by atoms with Crippen molar-refractivity contribution in [2.75, 3.05) is 18.4 Å². The average molecular weight is 359 g/mol. The molecule has 1 unspecified atom stereocenters. The number of Topliss-reactive ketones (excluding diaryl/α,β-unsaturated/α-hetero) is 1. The zero-order chi connectivity index (χ0) is 18.6. The van der Waals surface area contributed by atoms with Gasteiger partial charge in [-0.3, -0.25) is 14.7 Å². The SMILES string of the molecule is CC(=O)Cc1ccc(CN2CCC(Nc3cccc4cnccc34)C2)cc1. The minimum absolute atomic E-state index is 0.209. The normalized spacial score (nSPS) is 17.3. The van der Waals surface area contributed by atoms with E-state index in [-0.39, 0.29) is 5.78 Å². The van der Waals surface area contributed by atoms with Crippen LogP contribution in [0.4, 0.5) is 5.69 Å². The van der Waals surface area contributed by atoms with Crippen molar-refractivity contribution >= 4 is 22.2 Å². The lowest BCUT2D eigenvalue weighted by atomic mass is 10.1. The van der Waals surface area contributed by atoms with Crippen LogP contribution in [-0.4, -0.2) is 34.8 Å². The number of pyridine rings is 1. The molecule has 1 N–H and O–H groups in total. The van der Waals surface area contributed by atoms with E-state index in [4.69, 9.17) is 0 Å². The van der Waals surface area contributed by atoms with Gasteiger partial charge in [-0.05, 0) is 36.6 Å². The Morgan fingerprint density at radius 2 is 1.96 bits per heavy atom. The number of benzene rings is 2. The summed E-state index contributed by atoms with van der Waals surface area (Å²) in [7, 11) is 0. The lowest BCUT2D eigenvalue weighted by molar-refractivity contribution is -0.116. The van der Waals surface area contributed by atoms with Gasteiger partial charge >= 0.3 is 0 Å². The van der Waals surface area contributed by atoms with E-state index in [0.717, 1.165) is 31.6 Å². The number of hydrogen-bond acceptors (Lipinski definition) is 4. The summed E-state index contributed by atoms with van der Waals surface area (Å²) in [5.41, 5.74) is 3.59. The Bertz CT molecular complexity index is 931. The van der Waals surface area contributed by atoms with Crippen molar-refractivity contribution in [2.24, 2.45) is 0 Å². The molecule has 0 bridgehead atoms. The second-order valence-electron chi connectivity index (χ2n) is 7.46. The number of carbonyl (C=O) groups excluding carboxylic acids is 1. The largest absolute Gasteiger partial charge is 0.380 e. The molecule has 1 aliphatic heterocycles. The summed E-state index contributed by atoms with van der Waals surface area (Å²) in [5.74, 6) is 0.209. The fourth-order valence-corrected chi connectivity index (χ4v) is 3.87. The van der Waals surface area contributed by atoms with E-state index in [1.54, 1.807) is 6.92 Å². The first kappa shape index (κ1) is 17.7. The Morgan fingerprint density at radius 3 is 2.78 bits per heavy atom. The number of rotatable bonds is 6. The molecule has 1 fully saturated rings. The number of ketones is 1. The highest BCUT2D eigenvalue weighted by atomic mass is 16.1. The third-order valence-electron chi connectivity index (χ3n) is 5.19. The van der Waals surface area contributed by atoms with Crippen LogP contribution in [0.25, 0.3) is 10.8 Å². The summed E-state index contributed by atoms with van der Waals surface area (Å²) in [6.07, 6.45) is 5.43. The number of likely N-dealkylation sites (tertiary alicyclic amines) is 1. The second kappa shape index (κ2) is 7.89. The van der Waals surface area contributed by atoms with E-state index in [0.29, 0.717) is 12.5 Å². The van der Waals surface area contributed by atoms with Crippen LogP contribution in [0.15, 0.2) is 60.9 Å². The zero-order valence-corrected chi connectivity index (χ0v) is 15.7. The zero-order valence-electron chi connectivity index (χ0n) is 15.7. The van der Waals surface area contributed by atoms with Gasteiger partial charge in [0.15, 0.2) is 0 Å². The summed E-state index contributed by atoms with van der Waals surface area (Å²) in [5, 5.41) is 6.12. The lowest BCUT2D eigenvalue weighted by Crippen LogP contribution is -2.26. The third kappa shape index (κ3) is 4.34. The Balaban J connectivity index is 1.36. The molecule has 1 atom stereocenters. The molecule has 0 amide bonds. The molecule has 2 aromatic carbocycles. The van der Waals surface area contributed by atoms with Gasteiger partial charge in [0.1, 0.15) is 5.78 Å². The molecule has 2 heterocycles. The van der Waals surface area contributed by atoms with Crippen molar-refractivity contribution in [3.05, 3.63) is 72.1 Å². The fourth-order valence-electron chi connectivity index (χ4n) is 3.87. The number of fused-ring (bicyclic) bond motifs is 1. The van der Waals surface area contributed by atoms with Gasteiger partial charge in [0.2, 0.25) is 0 Å². The molecule has 4 heteroatoms. The average Bonchev–Trinajstić information content (AvgIpc) is 3.10. The smallest absolute Gasteiger partial charge is 0.134 e. The molecular formula is C23H25N3O. The second-order valence-corrected chi connectivity index (χ2v) is 7.46. The van der Waals surface area contributed by atoms with Crippen molar-refractivity contribution in [1.29, 1.82) is 0 Å². The summed E-state index contributed by atoms with van der Waals surface area (Å²) >= 11 is 0. The van der Waals surface area contributed by atoms with E-state index in [1.807, 2.05) is 12.4 Å². The van der Waals surface area contributed by atoms with Crippen LogP contribution in [0.2, 0.25) is 0 Å². The summed E-state index contributed by atoms with van der Waals surface area (Å²) < 4.78 is 0. The summed E-state index contributed by atoms with van der Waals surface area (Å²) in [6, 6.07) is 17.3. The van der Waals surface area contributed by atoms with Gasteiger partial charge in [-0.25, -0.2) is 0 Å². The van der Waals surface area contributed by atoms with Crippen LogP contribution in [0, 0.1) is 0 Å². The van der Waals surface area contributed by atoms with Gasteiger partial charge in [-0.15, -0.1) is 0 Å². The topological polar surface area (TPSA) is 45.2 Å². The standard InChI is InChI=1S/C23H25N3O/c1-17(27)13-18-5-7-19(8-6-18)15-26-12-10-21(16-26)25-23-4-2-3-20-14-24-11-9-22(20)23/h2-9,11,14,21,25H,10,12-13,15-16H2,1H3. The van der Waals surface area contributed by atoms with Gasteiger partial charge in [-0.2, -0.15) is 0 Å². The molecule has 3 aromatic rings. The third-order valence-corrected chi connectivity index (χ3v) is 5.19. The monoisotopic (exact) mass is 359 g/mol. The van der Waals surface area contributed by atoms with Gasteiger partial charge in [0.25, 0.3) is 0 Å². The van der Waals surface area contributed by atoms with E-state index >= 15 is 0 Å². The van der Waals surface area contributed by atoms with Crippen LogP contribution in [0.5, 0.6) is 0 Å². The van der Waals surface area contributed by atoms with Crippen molar-refractivity contribution in [3.63, 3.8) is 0 Å². The van der Waals surface area contributed by atoms with Gasteiger partial charge in [0.05, 0.1) is 0 Å². The maximum Gasteiger partial charge on any atom is 0.134 e. The van der Waals surface area contributed by atoms with Crippen LogP contribution in [0.1, 0.15) is 24.5 Å². The van der Waals surface area contributed by atoms with Crippen LogP contribution in [0.3, 0.4) is 0 Å². The highest BCUT2D eigenvalue weighted by Gasteiger charge is 2.22. The van der Waals surface area contributed by atoms with Gasteiger partial charge in [0, 0.05) is 61.0 Å². The molecule has 0 spiro atoms. The van der Waals surface area contributed by atoms with E-state index in [9.17, 15) is 4.79 Å². The maximum atomic E-state index is 11.2. The van der Waals surface area contributed by atoms with Gasteiger partial charge < -0.3 is 5.32 Å². The first-order valence-corrected chi connectivity index (χ1v) is 9.56. The first-order chi connectivity index (χ1) is 13.2. The Hall–Kier alpha value is -2.72. The minimum Gasteiger partial charge on any atom is -0.380 e. The summed E-state index contributed by atoms with van der Waals surface area (Å²) in [6.45, 7) is 4.73. The predicted octanol–water partition coefficient (Wildman–Crippen LogP) is 4.05. The Morgan fingerprint density at radius 1 is 1.15 bits per heavy atom. The molecule has 138 valence electrons. The number of aromatic nitrogens is 1. The van der Waals surface area contributed by atoms with E-state index in [1.165, 1.54) is 22.0 Å². The number of carbonyl (C=O) groups is 1. The summed E-state index contributed by atoms with van der Waals surface area (Å²) in [4.78, 5) is 17.9. The highest BCUT2D eigenvalue weighted by molar-refractivity contribution is 5.93. The molecule has 4 rings (SSSR count). The fraction of sp³-hybridized carbons (Fsp3) is 0.304. The molecule has 0 aliphatic carbocycles. The van der Waals surface area contributed by atoms with E-state index < -0.39 is 0 Å². The maximum absolute atomic E-state index is 11.2. The van der Waals surface area contributed by atoms with Gasteiger partial charge in [-0.1, -0.05) is 36.4 Å². The number of anilines is 1. The molecule has 0 radical (unpaired) electrons. The molecule has 1 aromatic heterocycles. The number of nitrogens with zero attached hydrogens (tertiary/aromatic N) is 2.